The predicted octanol–water partition coefficient (Wildman–Crippen LogP) is 5.48. The highest BCUT2D eigenvalue weighted by molar-refractivity contribution is 9.10. The molecule has 3 rings (SSSR count). The number of hydrazone groups is 1. The first-order valence-corrected chi connectivity index (χ1v) is 11.4. The van der Waals surface area contributed by atoms with E-state index >= 15 is 0 Å². The van der Waals surface area contributed by atoms with Crippen LogP contribution in [0.4, 0.5) is 5.69 Å². The van der Waals surface area contributed by atoms with E-state index in [4.69, 9.17) is 21.1 Å². The topological polar surface area (TPSA) is 89.0 Å². The number of ether oxygens (including phenoxy) is 2. The number of amides is 2. The molecule has 2 amide bonds. The van der Waals surface area contributed by atoms with Crippen molar-refractivity contribution in [2.75, 3.05) is 12.4 Å². The summed E-state index contributed by atoms with van der Waals surface area (Å²) in [5.41, 5.74) is 5.79. The molecule has 0 saturated carbocycles. The highest BCUT2D eigenvalue weighted by atomic mass is 79.9. The minimum atomic E-state index is -0.878. The van der Waals surface area contributed by atoms with Crippen LogP contribution in [0.2, 0.25) is 5.02 Å². The van der Waals surface area contributed by atoms with Crippen LogP contribution in [0, 0.1) is 6.92 Å². The second-order valence-electron chi connectivity index (χ2n) is 7.33. The Kier molecular flexibility index (Phi) is 8.67. The largest absolute Gasteiger partial charge is 0.493 e. The fourth-order valence-corrected chi connectivity index (χ4v) is 3.55. The number of nitrogens with one attached hydrogen (secondary N) is 2. The van der Waals surface area contributed by atoms with Crippen LogP contribution in [0.3, 0.4) is 0 Å². The van der Waals surface area contributed by atoms with Crippen molar-refractivity contribution in [3.05, 3.63) is 86.8 Å². The maximum atomic E-state index is 12.2. The van der Waals surface area contributed by atoms with Crippen molar-refractivity contribution in [1.82, 2.24) is 5.43 Å². The second-order valence-corrected chi connectivity index (χ2v) is 8.68. The zero-order valence-corrected chi connectivity index (χ0v) is 21.2. The summed E-state index contributed by atoms with van der Waals surface area (Å²) in [6, 6.07) is 18.0. The van der Waals surface area contributed by atoms with Crippen molar-refractivity contribution in [3.63, 3.8) is 0 Å². The summed E-state index contributed by atoms with van der Waals surface area (Å²) >= 11 is 9.27. The summed E-state index contributed by atoms with van der Waals surface area (Å²) in [6.07, 6.45) is 0. The van der Waals surface area contributed by atoms with Gasteiger partial charge >= 0.3 is 11.8 Å². The molecule has 0 aliphatic heterocycles. The van der Waals surface area contributed by atoms with Crippen LogP contribution in [-0.4, -0.2) is 24.6 Å². The number of aryl methyl sites for hydroxylation is 1. The Morgan fingerprint density at radius 1 is 1.00 bits per heavy atom. The number of carbonyl (C=O) groups excluding carboxylic acids is 2. The van der Waals surface area contributed by atoms with E-state index in [-0.39, 0.29) is 0 Å². The lowest BCUT2D eigenvalue weighted by atomic mass is 10.1. The summed E-state index contributed by atoms with van der Waals surface area (Å²) in [7, 11) is 1.54. The van der Waals surface area contributed by atoms with E-state index in [1.165, 1.54) is 7.11 Å². The second kappa shape index (κ2) is 11.7. The SMILES string of the molecule is COc1cc(/C(C)=N/NC(=O)C(=O)Nc2ccc(Br)cc2C)ccc1OCc1ccc(Cl)cc1. The molecule has 2 N–H and O–H groups in total. The minimum Gasteiger partial charge on any atom is -0.493 e. The molecule has 0 bridgehead atoms. The molecule has 0 aliphatic carbocycles. The first-order valence-electron chi connectivity index (χ1n) is 10.2. The number of halogens is 2. The lowest BCUT2D eigenvalue weighted by molar-refractivity contribution is -0.136. The number of methoxy groups -OCH3 is 1. The lowest BCUT2D eigenvalue weighted by Crippen LogP contribution is -2.33. The fraction of sp³-hybridized carbons (Fsp3) is 0.160. The van der Waals surface area contributed by atoms with E-state index in [9.17, 15) is 9.59 Å². The molecule has 9 heteroatoms. The Labute approximate surface area is 211 Å². The summed E-state index contributed by atoms with van der Waals surface area (Å²) in [5, 5.41) is 7.27. The highest BCUT2D eigenvalue weighted by Crippen LogP contribution is 2.29. The zero-order chi connectivity index (χ0) is 24.7. The number of benzene rings is 3. The van der Waals surface area contributed by atoms with Crippen molar-refractivity contribution in [1.29, 1.82) is 0 Å². The maximum absolute atomic E-state index is 12.2. The lowest BCUT2D eigenvalue weighted by Gasteiger charge is -2.12. The molecule has 0 heterocycles. The van der Waals surface area contributed by atoms with Crippen molar-refractivity contribution in [2.45, 2.75) is 20.5 Å². The van der Waals surface area contributed by atoms with Gasteiger partial charge in [0.25, 0.3) is 0 Å². The van der Waals surface area contributed by atoms with E-state index in [1.807, 2.05) is 25.1 Å². The van der Waals surface area contributed by atoms with Gasteiger partial charge in [0.1, 0.15) is 6.61 Å². The van der Waals surface area contributed by atoms with Gasteiger partial charge in [-0.3, -0.25) is 9.59 Å². The molecule has 0 aromatic heterocycles. The molecule has 0 unspecified atom stereocenters. The molecule has 0 radical (unpaired) electrons. The maximum Gasteiger partial charge on any atom is 0.329 e. The number of anilines is 1. The van der Waals surface area contributed by atoms with Crippen LogP contribution in [-0.2, 0) is 16.2 Å². The zero-order valence-electron chi connectivity index (χ0n) is 18.8. The first kappa shape index (κ1) is 25.3. The van der Waals surface area contributed by atoms with E-state index in [1.54, 1.807) is 49.4 Å². The van der Waals surface area contributed by atoms with Crippen LogP contribution < -0.4 is 20.2 Å². The van der Waals surface area contributed by atoms with Gasteiger partial charge in [0.05, 0.1) is 12.8 Å². The van der Waals surface area contributed by atoms with Gasteiger partial charge in [-0.05, 0) is 73.5 Å². The third-order valence-corrected chi connectivity index (χ3v) is 5.60. The molecule has 0 fully saturated rings. The fourth-order valence-electron chi connectivity index (χ4n) is 2.95. The third-order valence-electron chi connectivity index (χ3n) is 4.86. The Bertz CT molecular complexity index is 1230. The summed E-state index contributed by atoms with van der Waals surface area (Å²) in [5.74, 6) is -0.625. The normalized spacial score (nSPS) is 11.0. The van der Waals surface area contributed by atoms with Gasteiger partial charge in [-0.2, -0.15) is 5.10 Å². The van der Waals surface area contributed by atoms with E-state index in [0.29, 0.717) is 40.1 Å². The number of hydrogen-bond donors (Lipinski definition) is 2. The smallest absolute Gasteiger partial charge is 0.329 e. The van der Waals surface area contributed by atoms with Gasteiger partial charge in [0.15, 0.2) is 11.5 Å². The van der Waals surface area contributed by atoms with Gasteiger partial charge in [-0.25, -0.2) is 5.43 Å². The van der Waals surface area contributed by atoms with Crippen LogP contribution in [0.5, 0.6) is 11.5 Å². The Morgan fingerprint density at radius 3 is 2.41 bits per heavy atom. The van der Waals surface area contributed by atoms with E-state index in [2.05, 4.69) is 31.8 Å². The molecule has 34 heavy (non-hydrogen) atoms. The molecule has 0 aliphatic rings. The summed E-state index contributed by atoms with van der Waals surface area (Å²) in [6.45, 7) is 3.89. The van der Waals surface area contributed by atoms with Crippen molar-refractivity contribution < 1.29 is 19.1 Å². The van der Waals surface area contributed by atoms with Crippen LogP contribution >= 0.6 is 27.5 Å². The quantitative estimate of drug-likeness (QED) is 0.234. The third kappa shape index (κ3) is 6.82. The van der Waals surface area contributed by atoms with Crippen LogP contribution in [0.25, 0.3) is 0 Å². The minimum absolute atomic E-state index is 0.350. The Balaban J connectivity index is 1.62. The predicted molar refractivity (Wildman–Crippen MR) is 137 cm³/mol. The van der Waals surface area contributed by atoms with Gasteiger partial charge < -0.3 is 14.8 Å². The molecule has 3 aromatic rings. The van der Waals surface area contributed by atoms with Crippen molar-refractivity contribution in [3.8, 4) is 11.5 Å². The van der Waals surface area contributed by atoms with Crippen LogP contribution in [0.15, 0.2) is 70.2 Å². The number of carbonyl (C=O) groups is 2. The van der Waals surface area contributed by atoms with Gasteiger partial charge in [-0.1, -0.05) is 39.7 Å². The number of nitrogens with zero attached hydrogens (tertiary/aromatic N) is 1. The number of hydrogen-bond acceptors (Lipinski definition) is 5. The van der Waals surface area contributed by atoms with Crippen molar-refractivity contribution >= 4 is 50.7 Å². The molecular formula is C25H23BrClN3O4. The average molecular weight is 545 g/mol. The molecule has 7 nitrogen and oxygen atoms in total. The molecule has 0 saturated heterocycles. The van der Waals surface area contributed by atoms with E-state index in [0.717, 1.165) is 15.6 Å². The Morgan fingerprint density at radius 2 is 1.74 bits per heavy atom. The average Bonchev–Trinajstić information content (AvgIpc) is 2.83. The first-order chi connectivity index (χ1) is 16.3. The summed E-state index contributed by atoms with van der Waals surface area (Å²) < 4.78 is 12.2. The highest BCUT2D eigenvalue weighted by Gasteiger charge is 2.15. The van der Waals surface area contributed by atoms with Gasteiger partial charge in [-0.15, -0.1) is 0 Å². The Hall–Kier alpha value is -3.36. The van der Waals surface area contributed by atoms with Gasteiger partial charge in [0.2, 0.25) is 0 Å². The monoisotopic (exact) mass is 543 g/mol. The molecule has 176 valence electrons. The molecule has 3 aromatic carbocycles. The number of rotatable bonds is 7. The van der Waals surface area contributed by atoms with Crippen molar-refractivity contribution in [2.24, 2.45) is 5.10 Å². The van der Waals surface area contributed by atoms with Gasteiger partial charge in [0, 0.05) is 20.7 Å². The molecule has 0 spiro atoms. The standard InChI is InChI=1S/C25H23BrClN3O4/c1-15-12-19(26)7-10-21(15)28-24(31)25(32)30-29-16(2)18-6-11-22(23(13-18)33-3)34-14-17-4-8-20(27)9-5-17/h4-13H,14H2,1-3H3,(H,28,31)(H,30,32)/b29-16+. The summed E-state index contributed by atoms with van der Waals surface area (Å²) in [4.78, 5) is 24.4. The van der Waals surface area contributed by atoms with E-state index < -0.39 is 11.8 Å². The molecular weight excluding hydrogens is 522 g/mol. The molecule has 0 atom stereocenters. The van der Waals surface area contributed by atoms with Crippen LogP contribution in [0.1, 0.15) is 23.6 Å².